The van der Waals surface area contributed by atoms with Crippen LogP contribution in [0.4, 0.5) is 10.2 Å². The average molecular weight is 443 g/mol. The van der Waals surface area contributed by atoms with Crippen LogP contribution < -0.4 is 10.6 Å². The molecule has 4 rings (SSSR count). The van der Waals surface area contributed by atoms with Crippen molar-refractivity contribution in [3.05, 3.63) is 95.7 Å². The van der Waals surface area contributed by atoms with E-state index in [2.05, 4.69) is 20.7 Å². The van der Waals surface area contributed by atoms with Crippen LogP contribution in [0.5, 0.6) is 0 Å². The molecule has 0 saturated heterocycles. The zero-order valence-corrected chi connectivity index (χ0v) is 18.2. The lowest BCUT2D eigenvalue weighted by Gasteiger charge is -2.11. The van der Waals surface area contributed by atoms with Gasteiger partial charge in [-0.3, -0.25) is 14.6 Å². The van der Waals surface area contributed by atoms with Crippen LogP contribution in [0.2, 0.25) is 0 Å². The van der Waals surface area contributed by atoms with Crippen molar-refractivity contribution in [2.45, 2.75) is 20.4 Å². The third-order valence-electron chi connectivity index (χ3n) is 5.02. The van der Waals surface area contributed by atoms with Crippen molar-refractivity contribution >= 4 is 17.6 Å². The number of benzene rings is 2. The standard InChI is InChI=1S/C25H22FN5O2/c1-16-23(18-6-10-20(26)11-7-18)24(29-17(2)32)31(30-16)22-12-8-19(9-13-22)25(33)28-15-21-5-3-4-14-27-21/h3-14H,15H2,1-2H3,(H,28,33)(H,29,32). The summed E-state index contributed by atoms with van der Waals surface area (Å²) in [5, 5.41) is 10.3. The second-order valence-corrected chi connectivity index (χ2v) is 7.46. The van der Waals surface area contributed by atoms with Crippen LogP contribution in [0.3, 0.4) is 0 Å². The Balaban J connectivity index is 1.62. The van der Waals surface area contributed by atoms with E-state index in [-0.39, 0.29) is 17.6 Å². The van der Waals surface area contributed by atoms with Crippen molar-refractivity contribution in [1.29, 1.82) is 0 Å². The highest BCUT2D eigenvalue weighted by Gasteiger charge is 2.19. The Hall–Kier alpha value is -4.33. The molecule has 0 saturated carbocycles. The molecule has 0 radical (unpaired) electrons. The molecule has 33 heavy (non-hydrogen) atoms. The number of hydrogen-bond donors (Lipinski definition) is 2. The Morgan fingerprint density at radius 2 is 1.73 bits per heavy atom. The molecule has 0 fully saturated rings. The molecule has 0 bridgehead atoms. The van der Waals surface area contributed by atoms with Gasteiger partial charge in [0.1, 0.15) is 11.6 Å². The van der Waals surface area contributed by atoms with Crippen molar-refractivity contribution in [2.24, 2.45) is 0 Å². The van der Waals surface area contributed by atoms with Gasteiger partial charge >= 0.3 is 0 Å². The van der Waals surface area contributed by atoms with Crippen LogP contribution in [0.1, 0.15) is 28.7 Å². The minimum atomic E-state index is -0.346. The van der Waals surface area contributed by atoms with Gasteiger partial charge in [0, 0.05) is 24.2 Å². The number of amides is 2. The number of nitrogens with zero attached hydrogens (tertiary/aromatic N) is 3. The first-order valence-corrected chi connectivity index (χ1v) is 10.3. The SMILES string of the molecule is CC(=O)Nc1c(-c2ccc(F)cc2)c(C)nn1-c1ccc(C(=O)NCc2ccccn2)cc1. The first-order valence-electron chi connectivity index (χ1n) is 10.3. The first kappa shape index (κ1) is 21.9. The van der Waals surface area contributed by atoms with Gasteiger partial charge in [-0.25, -0.2) is 9.07 Å². The zero-order valence-electron chi connectivity index (χ0n) is 18.2. The molecule has 4 aromatic rings. The molecule has 0 spiro atoms. The number of aryl methyl sites for hydroxylation is 1. The lowest BCUT2D eigenvalue weighted by molar-refractivity contribution is -0.114. The van der Waals surface area contributed by atoms with Gasteiger partial charge in [0.05, 0.1) is 23.6 Å². The molecule has 0 aliphatic carbocycles. The summed E-state index contributed by atoms with van der Waals surface area (Å²) in [6.07, 6.45) is 1.68. The van der Waals surface area contributed by atoms with Gasteiger partial charge in [-0.05, 0) is 61.0 Å². The quantitative estimate of drug-likeness (QED) is 0.466. The van der Waals surface area contributed by atoms with Crippen molar-refractivity contribution in [1.82, 2.24) is 20.1 Å². The Bertz CT molecular complexity index is 1280. The van der Waals surface area contributed by atoms with Gasteiger partial charge in [-0.15, -0.1) is 0 Å². The fraction of sp³-hybridized carbons (Fsp3) is 0.120. The molecule has 0 aliphatic rings. The summed E-state index contributed by atoms with van der Waals surface area (Å²) in [5.74, 6) is -0.358. The van der Waals surface area contributed by atoms with Crippen molar-refractivity contribution in [3.8, 4) is 16.8 Å². The van der Waals surface area contributed by atoms with E-state index in [4.69, 9.17) is 0 Å². The maximum absolute atomic E-state index is 13.4. The van der Waals surface area contributed by atoms with Crippen LogP contribution >= 0.6 is 0 Å². The second-order valence-electron chi connectivity index (χ2n) is 7.46. The van der Waals surface area contributed by atoms with Crippen LogP contribution in [0.25, 0.3) is 16.8 Å². The molecule has 2 aromatic carbocycles. The predicted octanol–water partition coefficient (Wildman–Crippen LogP) is 4.27. The van der Waals surface area contributed by atoms with Gasteiger partial charge in [0.2, 0.25) is 5.91 Å². The molecule has 2 amide bonds. The molecule has 2 heterocycles. The molecule has 0 unspecified atom stereocenters. The van der Waals surface area contributed by atoms with Gasteiger partial charge < -0.3 is 10.6 Å². The number of nitrogens with one attached hydrogen (secondary N) is 2. The Morgan fingerprint density at radius 1 is 1.00 bits per heavy atom. The minimum Gasteiger partial charge on any atom is -0.346 e. The van der Waals surface area contributed by atoms with Crippen molar-refractivity contribution in [3.63, 3.8) is 0 Å². The van der Waals surface area contributed by atoms with Crippen LogP contribution in [-0.2, 0) is 11.3 Å². The summed E-state index contributed by atoms with van der Waals surface area (Å²) in [4.78, 5) is 28.6. The molecule has 0 atom stereocenters. The van der Waals surface area contributed by atoms with E-state index >= 15 is 0 Å². The summed E-state index contributed by atoms with van der Waals surface area (Å²) in [6.45, 7) is 3.56. The van der Waals surface area contributed by atoms with Crippen molar-refractivity contribution < 1.29 is 14.0 Å². The number of anilines is 1. The normalized spacial score (nSPS) is 10.6. The zero-order chi connectivity index (χ0) is 23.4. The molecule has 7 nitrogen and oxygen atoms in total. The van der Waals surface area contributed by atoms with E-state index < -0.39 is 0 Å². The second kappa shape index (κ2) is 9.44. The van der Waals surface area contributed by atoms with E-state index in [1.807, 2.05) is 25.1 Å². The smallest absolute Gasteiger partial charge is 0.251 e. The summed E-state index contributed by atoms with van der Waals surface area (Å²) in [6, 6.07) is 18.4. The highest BCUT2D eigenvalue weighted by Crippen LogP contribution is 2.33. The number of halogens is 1. The summed E-state index contributed by atoms with van der Waals surface area (Å²) in [5.41, 5.74) is 4.01. The van der Waals surface area contributed by atoms with Gasteiger partial charge in [0.15, 0.2) is 0 Å². The molecular weight excluding hydrogens is 421 g/mol. The average Bonchev–Trinajstić information content (AvgIpc) is 3.14. The summed E-state index contributed by atoms with van der Waals surface area (Å²) >= 11 is 0. The van der Waals surface area contributed by atoms with Crippen molar-refractivity contribution in [2.75, 3.05) is 5.32 Å². The molecule has 0 aliphatic heterocycles. The minimum absolute atomic E-state index is 0.224. The van der Waals surface area contributed by atoms with Crippen LogP contribution in [0.15, 0.2) is 72.9 Å². The van der Waals surface area contributed by atoms with E-state index in [1.54, 1.807) is 47.3 Å². The molecule has 8 heteroatoms. The predicted molar refractivity (Wildman–Crippen MR) is 123 cm³/mol. The van der Waals surface area contributed by atoms with E-state index in [9.17, 15) is 14.0 Å². The number of carbonyl (C=O) groups is 2. The number of carbonyl (C=O) groups excluding carboxylic acids is 2. The van der Waals surface area contributed by atoms with E-state index in [1.165, 1.54) is 19.1 Å². The Labute approximate surface area is 190 Å². The fourth-order valence-corrected chi connectivity index (χ4v) is 3.49. The number of hydrogen-bond acceptors (Lipinski definition) is 4. The number of pyridine rings is 1. The third kappa shape index (κ3) is 4.95. The fourth-order valence-electron chi connectivity index (χ4n) is 3.49. The number of aromatic nitrogens is 3. The molecule has 166 valence electrons. The van der Waals surface area contributed by atoms with E-state index in [0.29, 0.717) is 34.9 Å². The van der Waals surface area contributed by atoms with E-state index in [0.717, 1.165) is 11.3 Å². The monoisotopic (exact) mass is 443 g/mol. The van der Waals surface area contributed by atoms with Gasteiger partial charge in [-0.1, -0.05) is 18.2 Å². The Kier molecular flexibility index (Phi) is 6.26. The van der Waals surface area contributed by atoms with Crippen LogP contribution in [0, 0.1) is 12.7 Å². The maximum atomic E-state index is 13.4. The molecule has 2 aromatic heterocycles. The van der Waals surface area contributed by atoms with Gasteiger partial charge in [0.25, 0.3) is 5.91 Å². The van der Waals surface area contributed by atoms with Gasteiger partial charge in [-0.2, -0.15) is 5.10 Å². The largest absolute Gasteiger partial charge is 0.346 e. The maximum Gasteiger partial charge on any atom is 0.251 e. The molecule has 2 N–H and O–H groups in total. The summed E-state index contributed by atoms with van der Waals surface area (Å²) in [7, 11) is 0. The first-order chi connectivity index (χ1) is 15.9. The summed E-state index contributed by atoms with van der Waals surface area (Å²) < 4.78 is 15.0. The highest BCUT2D eigenvalue weighted by molar-refractivity contribution is 5.95. The topological polar surface area (TPSA) is 88.9 Å². The Morgan fingerprint density at radius 3 is 2.36 bits per heavy atom. The lowest BCUT2D eigenvalue weighted by Crippen LogP contribution is -2.23. The number of rotatable bonds is 6. The lowest BCUT2D eigenvalue weighted by atomic mass is 10.1. The van der Waals surface area contributed by atoms with Crippen LogP contribution in [-0.4, -0.2) is 26.6 Å². The molecular formula is C25H22FN5O2. The third-order valence-corrected chi connectivity index (χ3v) is 5.02. The highest BCUT2D eigenvalue weighted by atomic mass is 19.1.